The largest absolute Gasteiger partial charge is 0.463 e. The van der Waals surface area contributed by atoms with Crippen molar-refractivity contribution in [3.63, 3.8) is 0 Å². The second kappa shape index (κ2) is 18.1. The van der Waals surface area contributed by atoms with Gasteiger partial charge >= 0.3 is 12.1 Å². The lowest BCUT2D eigenvalue weighted by molar-refractivity contribution is -0.137. The average Bonchev–Trinajstić information content (AvgIpc) is 3.36. The highest BCUT2D eigenvalue weighted by molar-refractivity contribution is 5.92. The van der Waals surface area contributed by atoms with E-state index in [-0.39, 0.29) is 43.8 Å². The van der Waals surface area contributed by atoms with Gasteiger partial charge in [0.05, 0.1) is 18.3 Å². The molecule has 4 amide bonds. The van der Waals surface area contributed by atoms with E-state index in [1.54, 1.807) is 13.8 Å². The van der Waals surface area contributed by atoms with Gasteiger partial charge in [-0.25, -0.2) is 9.59 Å². The van der Waals surface area contributed by atoms with Crippen LogP contribution >= 0.6 is 0 Å². The Morgan fingerprint density at radius 1 is 1.00 bits per heavy atom. The van der Waals surface area contributed by atoms with Crippen molar-refractivity contribution in [3.8, 4) is 0 Å². The fraction of sp³-hybridized carbons (Fsp3) is 0.606. The van der Waals surface area contributed by atoms with Crippen LogP contribution in [0.1, 0.15) is 73.3 Å². The number of carbonyl (C=O) groups excluding carboxylic acids is 5. The molecule has 12 nitrogen and oxygen atoms in total. The molecule has 1 aliphatic rings. The highest BCUT2D eigenvalue weighted by Crippen LogP contribution is 2.18. The van der Waals surface area contributed by atoms with E-state index in [4.69, 9.17) is 14.2 Å². The van der Waals surface area contributed by atoms with Crippen molar-refractivity contribution in [2.45, 2.75) is 104 Å². The Hall–Kier alpha value is -3.93. The Kier molecular flexibility index (Phi) is 15.0. The number of hydrogen-bond acceptors (Lipinski definition) is 8. The van der Waals surface area contributed by atoms with E-state index < -0.39 is 53.7 Å². The number of hydrogen-bond donors (Lipinski definition) is 4. The van der Waals surface area contributed by atoms with Crippen LogP contribution in [0.4, 0.5) is 4.79 Å². The first kappa shape index (κ1) is 37.3. The first-order chi connectivity index (χ1) is 21.2. The summed E-state index contributed by atoms with van der Waals surface area (Å²) in [6.07, 6.45) is 2.29. The summed E-state index contributed by atoms with van der Waals surface area (Å²) in [5.74, 6) is -2.14. The normalized spacial score (nSPS) is 17.6. The second-order valence-corrected chi connectivity index (χ2v) is 12.5. The van der Waals surface area contributed by atoms with Crippen molar-refractivity contribution in [2.75, 3.05) is 13.2 Å². The summed E-state index contributed by atoms with van der Waals surface area (Å²) in [6, 6.07) is 6.28. The van der Waals surface area contributed by atoms with Crippen LogP contribution in [0.25, 0.3) is 0 Å². The number of rotatable bonds is 16. The molecule has 4 N–H and O–H groups in total. The average molecular weight is 631 g/mol. The van der Waals surface area contributed by atoms with Crippen molar-refractivity contribution < 1.29 is 38.2 Å². The smallest absolute Gasteiger partial charge is 0.408 e. The maximum absolute atomic E-state index is 13.7. The molecule has 5 atom stereocenters. The van der Waals surface area contributed by atoms with Crippen LogP contribution in [0.3, 0.4) is 0 Å². The molecule has 1 unspecified atom stereocenters. The molecule has 0 saturated carbocycles. The molecule has 0 aliphatic carbocycles. The molecule has 0 aromatic heterocycles. The molecule has 12 heteroatoms. The minimum Gasteiger partial charge on any atom is -0.463 e. The van der Waals surface area contributed by atoms with Crippen molar-refractivity contribution in [1.82, 2.24) is 21.3 Å². The van der Waals surface area contributed by atoms with Gasteiger partial charge in [-0.1, -0.05) is 50.3 Å². The standard InChI is InChI=1S/C33H50N4O8/c1-8-43-27(38)15-14-25(19-24-16-17-34-29(24)39)35-30(40)26(18-21(2)3)36-31(41)28(22(4)45-33(5,6)7)37-32(42)44-20-23-12-10-9-11-13-23/h9-15,21-22,24-26,28H,8,16-20H2,1-7H3,(H,34,39)(H,35,40)(H,36,41)(H,37,42)/t22?,24-,25+,26-,28-/m0/s1. The molecule has 1 aromatic carbocycles. The quantitative estimate of drug-likeness (QED) is 0.160. The topological polar surface area (TPSA) is 161 Å². The predicted molar refractivity (Wildman–Crippen MR) is 169 cm³/mol. The molecule has 1 fully saturated rings. The van der Waals surface area contributed by atoms with E-state index in [9.17, 15) is 24.0 Å². The minimum atomic E-state index is -1.18. The summed E-state index contributed by atoms with van der Waals surface area (Å²) in [7, 11) is 0. The monoisotopic (exact) mass is 630 g/mol. The minimum absolute atomic E-state index is 0.00756. The van der Waals surface area contributed by atoms with E-state index in [1.807, 2.05) is 65.0 Å². The number of carbonyl (C=O) groups is 5. The van der Waals surface area contributed by atoms with E-state index >= 15 is 0 Å². The molecule has 1 aliphatic heterocycles. The molecule has 250 valence electrons. The number of ether oxygens (including phenoxy) is 3. The van der Waals surface area contributed by atoms with Crippen LogP contribution in [-0.4, -0.2) is 72.8 Å². The first-order valence-electron chi connectivity index (χ1n) is 15.6. The zero-order valence-electron chi connectivity index (χ0n) is 27.5. The SMILES string of the molecule is CCOC(=O)C=C[C@H](C[C@@H]1CCNC1=O)NC(=O)[C@H](CC(C)C)NC(=O)[C@@H](NC(=O)OCc1ccccc1)C(C)OC(C)(C)C. The molecule has 1 saturated heterocycles. The molecule has 45 heavy (non-hydrogen) atoms. The maximum atomic E-state index is 13.7. The zero-order valence-corrected chi connectivity index (χ0v) is 27.5. The maximum Gasteiger partial charge on any atom is 0.408 e. The lowest BCUT2D eigenvalue weighted by atomic mass is 9.96. The lowest BCUT2D eigenvalue weighted by Crippen LogP contribution is -2.59. The van der Waals surface area contributed by atoms with Crippen molar-refractivity contribution in [3.05, 3.63) is 48.0 Å². The Labute approximate surface area is 266 Å². The van der Waals surface area contributed by atoms with Gasteiger partial charge < -0.3 is 35.5 Å². The van der Waals surface area contributed by atoms with Crippen LogP contribution in [0.5, 0.6) is 0 Å². The van der Waals surface area contributed by atoms with Crippen LogP contribution in [0, 0.1) is 11.8 Å². The summed E-state index contributed by atoms with van der Waals surface area (Å²) in [4.78, 5) is 64.4. The Balaban J connectivity index is 2.22. The van der Waals surface area contributed by atoms with Gasteiger partial charge in [0.2, 0.25) is 17.7 Å². The zero-order chi connectivity index (χ0) is 33.6. The van der Waals surface area contributed by atoms with E-state index in [0.717, 1.165) is 5.56 Å². The second-order valence-electron chi connectivity index (χ2n) is 12.5. The molecular weight excluding hydrogens is 580 g/mol. The number of benzene rings is 1. The van der Waals surface area contributed by atoms with Gasteiger partial charge in [0, 0.05) is 24.6 Å². The molecular formula is C33H50N4O8. The van der Waals surface area contributed by atoms with Gasteiger partial charge in [-0.2, -0.15) is 0 Å². The summed E-state index contributed by atoms with van der Waals surface area (Å²) < 4.78 is 16.3. The van der Waals surface area contributed by atoms with Gasteiger partial charge in [-0.3, -0.25) is 14.4 Å². The third kappa shape index (κ3) is 14.1. The number of nitrogens with one attached hydrogen (secondary N) is 4. The predicted octanol–water partition coefficient (Wildman–Crippen LogP) is 3.15. The van der Waals surface area contributed by atoms with Crippen LogP contribution in [0.2, 0.25) is 0 Å². The third-order valence-corrected chi connectivity index (χ3v) is 6.90. The Bertz CT molecular complexity index is 1160. The highest BCUT2D eigenvalue weighted by atomic mass is 16.6. The molecule has 0 bridgehead atoms. The van der Waals surface area contributed by atoms with E-state index in [1.165, 1.54) is 12.2 Å². The van der Waals surface area contributed by atoms with Gasteiger partial charge in [0.15, 0.2) is 0 Å². The Morgan fingerprint density at radius 3 is 2.27 bits per heavy atom. The van der Waals surface area contributed by atoms with Crippen molar-refractivity contribution in [1.29, 1.82) is 0 Å². The van der Waals surface area contributed by atoms with Crippen molar-refractivity contribution in [2.24, 2.45) is 11.8 Å². The highest BCUT2D eigenvalue weighted by Gasteiger charge is 2.35. The van der Waals surface area contributed by atoms with Crippen LogP contribution < -0.4 is 21.3 Å². The first-order valence-corrected chi connectivity index (χ1v) is 15.6. The fourth-order valence-electron chi connectivity index (χ4n) is 4.91. The number of amides is 4. The summed E-state index contributed by atoms with van der Waals surface area (Å²) >= 11 is 0. The number of esters is 1. The third-order valence-electron chi connectivity index (χ3n) is 6.90. The molecule has 1 heterocycles. The molecule has 2 rings (SSSR count). The molecule has 0 radical (unpaired) electrons. The molecule has 0 spiro atoms. The van der Waals surface area contributed by atoms with E-state index in [0.29, 0.717) is 13.0 Å². The van der Waals surface area contributed by atoms with Gasteiger partial charge in [0.25, 0.3) is 0 Å². The van der Waals surface area contributed by atoms with Gasteiger partial charge in [-0.05, 0) is 65.4 Å². The number of alkyl carbamates (subject to hydrolysis) is 1. The van der Waals surface area contributed by atoms with Crippen LogP contribution in [-0.2, 0) is 40.0 Å². The van der Waals surface area contributed by atoms with Gasteiger partial charge in [-0.15, -0.1) is 0 Å². The lowest BCUT2D eigenvalue weighted by Gasteiger charge is -2.32. The summed E-state index contributed by atoms with van der Waals surface area (Å²) in [5, 5.41) is 11.1. The van der Waals surface area contributed by atoms with Crippen LogP contribution in [0.15, 0.2) is 42.5 Å². The van der Waals surface area contributed by atoms with E-state index in [2.05, 4.69) is 21.3 Å². The Morgan fingerprint density at radius 2 is 1.69 bits per heavy atom. The summed E-state index contributed by atoms with van der Waals surface area (Å²) in [5.41, 5.74) is 0.149. The van der Waals surface area contributed by atoms with Crippen molar-refractivity contribution >= 4 is 29.8 Å². The van der Waals surface area contributed by atoms with Gasteiger partial charge in [0.1, 0.15) is 18.7 Å². The molecule has 1 aromatic rings. The summed E-state index contributed by atoms with van der Waals surface area (Å²) in [6.45, 7) is 13.4. The fourth-order valence-corrected chi connectivity index (χ4v) is 4.91.